The van der Waals surface area contributed by atoms with E-state index < -0.39 is 0 Å². The van der Waals surface area contributed by atoms with Gasteiger partial charge in [0.05, 0.1) is 6.54 Å². The zero-order valence-corrected chi connectivity index (χ0v) is 22.4. The van der Waals surface area contributed by atoms with Crippen LogP contribution in [0.15, 0.2) is 59.6 Å². The molecule has 0 heterocycles. The largest absolute Gasteiger partial charge is 0.357 e. The van der Waals surface area contributed by atoms with Gasteiger partial charge >= 0.3 is 0 Å². The van der Waals surface area contributed by atoms with Gasteiger partial charge in [-0.05, 0) is 51.0 Å². The summed E-state index contributed by atoms with van der Waals surface area (Å²) in [6, 6.07) is 18.3. The lowest BCUT2D eigenvalue weighted by molar-refractivity contribution is 0.0827. The first-order chi connectivity index (χ1) is 14.7. The van der Waals surface area contributed by atoms with Crippen LogP contribution in [-0.4, -0.2) is 49.5 Å². The van der Waals surface area contributed by atoms with Gasteiger partial charge in [-0.25, -0.2) is 4.99 Å². The third-order valence-electron chi connectivity index (χ3n) is 4.98. The van der Waals surface area contributed by atoms with E-state index in [0.717, 1.165) is 24.6 Å². The van der Waals surface area contributed by atoms with Gasteiger partial charge in [-0.2, -0.15) is 0 Å². The van der Waals surface area contributed by atoms with Gasteiger partial charge in [-0.15, -0.1) is 24.0 Å². The van der Waals surface area contributed by atoms with Crippen LogP contribution in [0.2, 0.25) is 0 Å². The monoisotopic (exact) mass is 551 g/mol. The van der Waals surface area contributed by atoms with E-state index in [4.69, 9.17) is 4.99 Å². The quantitative estimate of drug-likeness (QED) is 0.249. The van der Waals surface area contributed by atoms with Crippen LogP contribution in [0.5, 0.6) is 0 Å². The summed E-state index contributed by atoms with van der Waals surface area (Å²) >= 11 is 0. The van der Waals surface area contributed by atoms with Crippen LogP contribution in [-0.2, 0) is 6.54 Å². The molecular weight excluding hydrogens is 513 g/mol. The summed E-state index contributed by atoms with van der Waals surface area (Å²) in [4.78, 5) is 18.3. The van der Waals surface area contributed by atoms with Crippen molar-refractivity contribution in [1.29, 1.82) is 0 Å². The molecule has 2 aromatic rings. The third kappa shape index (κ3) is 9.16. The molecule has 2 aromatic carbocycles. The number of nitrogens with zero attached hydrogens (tertiary/aromatic N) is 2. The minimum absolute atomic E-state index is 0. The van der Waals surface area contributed by atoms with Crippen molar-refractivity contribution < 1.29 is 4.79 Å². The van der Waals surface area contributed by atoms with Crippen LogP contribution in [0.25, 0.3) is 0 Å². The van der Waals surface area contributed by atoms with Crippen LogP contribution in [0.1, 0.15) is 55.2 Å². The molecule has 0 saturated carbocycles. The molecule has 1 unspecified atom stereocenters. The third-order valence-corrected chi connectivity index (χ3v) is 4.98. The second kappa shape index (κ2) is 13.4. The molecule has 0 radical (unpaired) electrons. The first-order valence-electron chi connectivity index (χ1n) is 10.9. The number of carbonyl (C=O) groups excluding carboxylic acids is 1. The highest BCUT2D eigenvalue weighted by molar-refractivity contribution is 14.0. The molecule has 1 atom stereocenters. The van der Waals surface area contributed by atoms with Gasteiger partial charge in [-0.3, -0.25) is 4.79 Å². The maximum atomic E-state index is 12.0. The molecule has 0 bridgehead atoms. The number of guanidine groups is 1. The van der Waals surface area contributed by atoms with Crippen molar-refractivity contribution in [3.8, 4) is 0 Å². The van der Waals surface area contributed by atoms with E-state index in [-0.39, 0.29) is 41.5 Å². The van der Waals surface area contributed by atoms with Gasteiger partial charge < -0.3 is 20.9 Å². The molecular formula is C25H38IN5O. The fourth-order valence-corrected chi connectivity index (χ4v) is 3.29. The smallest absolute Gasteiger partial charge is 0.253 e. The Morgan fingerprint density at radius 3 is 2.22 bits per heavy atom. The fraction of sp³-hybridized carbons (Fsp3) is 0.440. The zero-order chi connectivity index (χ0) is 22.9. The van der Waals surface area contributed by atoms with Gasteiger partial charge in [0.2, 0.25) is 0 Å². The molecule has 0 aliphatic rings. The maximum Gasteiger partial charge on any atom is 0.253 e. The van der Waals surface area contributed by atoms with E-state index in [1.54, 1.807) is 19.0 Å². The summed E-state index contributed by atoms with van der Waals surface area (Å²) in [5, 5.41) is 10.4. The van der Waals surface area contributed by atoms with Gasteiger partial charge in [0.25, 0.3) is 5.91 Å². The number of rotatable bonds is 9. The Kier molecular flexibility index (Phi) is 11.7. The van der Waals surface area contributed by atoms with Crippen LogP contribution >= 0.6 is 24.0 Å². The number of carbonyl (C=O) groups is 1. The SMILES string of the molecule is CCNC(=NCc1ccc(C(=O)N(C)C)cc1)NCC(C)(C)NC(C)c1ccccc1.I. The number of aliphatic imine (C=N–C) groups is 1. The molecule has 0 aliphatic heterocycles. The highest BCUT2D eigenvalue weighted by Crippen LogP contribution is 2.15. The lowest BCUT2D eigenvalue weighted by Crippen LogP contribution is -2.52. The van der Waals surface area contributed by atoms with Crippen molar-refractivity contribution in [2.24, 2.45) is 4.99 Å². The normalized spacial score (nSPS) is 12.5. The molecule has 0 saturated heterocycles. The number of hydrogen-bond acceptors (Lipinski definition) is 3. The van der Waals surface area contributed by atoms with Gasteiger partial charge in [-0.1, -0.05) is 42.5 Å². The predicted molar refractivity (Wildman–Crippen MR) is 145 cm³/mol. The summed E-state index contributed by atoms with van der Waals surface area (Å²) in [7, 11) is 3.51. The lowest BCUT2D eigenvalue weighted by atomic mass is 10.0. The molecule has 1 amide bonds. The molecule has 0 aromatic heterocycles. The van der Waals surface area contributed by atoms with Crippen LogP contribution in [0.4, 0.5) is 0 Å². The number of halogens is 1. The molecule has 6 nitrogen and oxygen atoms in total. The molecule has 0 fully saturated rings. The van der Waals surface area contributed by atoms with Crippen molar-refractivity contribution >= 4 is 35.8 Å². The molecule has 3 N–H and O–H groups in total. The Hall–Kier alpha value is -2.13. The Bertz CT molecular complexity index is 850. The average molecular weight is 552 g/mol. The van der Waals surface area contributed by atoms with Gasteiger partial charge in [0.15, 0.2) is 5.96 Å². The lowest BCUT2D eigenvalue weighted by Gasteiger charge is -2.31. The van der Waals surface area contributed by atoms with E-state index in [9.17, 15) is 4.79 Å². The Morgan fingerprint density at radius 1 is 1.03 bits per heavy atom. The average Bonchev–Trinajstić information content (AvgIpc) is 2.75. The molecule has 32 heavy (non-hydrogen) atoms. The second-order valence-corrected chi connectivity index (χ2v) is 8.61. The van der Waals surface area contributed by atoms with E-state index >= 15 is 0 Å². The maximum absolute atomic E-state index is 12.0. The first kappa shape index (κ1) is 27.9. The standard InChI is InChI=1S/C25H37N5O.HI/c1-7-26-24(27-17-20-13-15-22(16-14-20)23(31)30(5)6)28-18-25(3,4)29-19(2)21-11-9-8-10-12-21;/h8-16,19,29H,7,17-18H2,1-6H3,(H2,26,27,28);1H. The zero-order valence-electron chi connectivity index (χ0n) is 20.1. The predicted octanol–water partition coefficient (Wildman–Crippen LogP) is 4.19. The van der Waals surface area contributed by atoms with E-state index in [2.05, 4.69) is 67.9 Å². The Balaban J connectivity index is 0.00000512. The summed E-state index contributed by atoms with van der Waals surface area (Å²) in [6.45, 7) is 10.7. The van der Waals surface area contributed by atoms with Gasteiger partial charge in [0.1, 0.15) is 0 Å². The Labute approximate surface area is 210 Å². The highest BCUT2D eigenvalue weighted by atomic mass is 127. The summed E-state index contributed by atoms with van der Waals surface area (Å²) in [6.07, 6.45) is 0. The second-order valence-electron chi connectivity index (χ2n) is 8.61. The van der Waals surface area contributed by atoms with Crippen molar-refractivity contribution in [2.45, 2.75) is 45.8 Å². The van der Waals surface area contributed by atoms with Crippen molar-refractivity contribution in [2.75, 3.05) is 27.2 Å². The number of hydrogen-bond donors (Lipinski definition) is 3. The summed E-state index contributed by atoms with van der Waals surface area (Å²) in [5.41, 5.74) is 2.89. The van der Waals surface area contributed by atoms with Crippen LogP contribution < -0.4 is 16.0 Å². The number of nitrogens with one attached hydrogen (secondary N) is 3. The number of amides is 1. The molecule has 0 spiro atoms. The Morgan fingerprint density at radius 2 is 1.66 bits per heavy atom. The molecule has 7 heteroatoms. The van der Waals surface area contributed by atoms with E-state index in [1.807, 2.05) is 30.3 Å². The minimum atomic E-state index is -0.125. The molecule has 0 aliphatic carbocycles. The van der Waals surface area contributed by atoms with E-state index in [0.29, 0.717) is 12.1 Å². The minimum Gasteiger partial charge on any atom is -0.357 e. The van der Waals surface area contributed by atoms with Crippen molar-refractivity contribution in [3.63, 3.8) is 0 Å². The summed E-state index contributed by atoms with van der Waals surface area (Å²) in [5.74, 6) is 0.780. The summed E-state index contributed by atoms with van der Waals surface area (Å²) < 4.78 is 0. The molecule has 2 rings (SSSR count). The van der Waals surface area contributed by atoms with Crippen LogP contribution in [0.3, 0.4) is 0 Å². The van der Waals surface area contributed by atoms with Gasteiger partial charge in [0, 0.05) is 44.3 Å². The van der Waals surface area contributed by atoms with Crippen molar-refractivity contribution in [1.82, 2.24) is 20.9 Å². The fourth-order valence-electron chi connectivity index (χ4n) is 3.29. The number of benzene rings is 2. The topological polar surface area (TPSA) is 68.8 Å². The van der Waals surface area contributed by atoms with E-state index in [1.165, 1.54) is 5.56 Å². The first-order valence-corrected chi connectivity index (χ1v) is 10.9. The van der Waals surface area contributed by atoms with Crippen molar-refractivity contribution in [3.05, 3.63) is 71.3 Å². The molecule has 176 valence electrons. The highest BCUT2D eigenvalue weighted by Gasteiger charge is 2.21. The van der Waals surface area contributed by atoms with Crippen LogP contribution in [0, 0.1) is 0 Å².